The van der Waals surface area contributed by atoms with E-state index in [0.29, 0.717) is 17.9 Å². The number of carbonyl (C=O) groups is 1. The van der Waals surface area contributed by atoms with Crippen LogP contribution in [-0.4, -0.2) is 43.7 Å². The van der Waals surface area contributed by atoms with Crippen molar-refractivity contribution in [1.29, 1.82) is 0 Å². The second-order valence-electron chi connectivity index (χ2n) is 5.84. The molecule has 2 rings (SSSR count). The van der Waals surface area contributed by atoms with E-state index in [0.717, 1.165) is 25.1 Å². The summed E-state index contributed by atoms with van der Waals surface area (Å²) >= 11 is 0. The van der Waals surface area contributed by atoms with Crippen LogP contribution in [0.15, 0.2) is 18.2 Å². The lowest BCUT2D eigenvalue weighted by Crippen LogP contribution is -2.43. The zero-order valence-corrected chi connectivity index (χ0v) is 12.4. The average Bonchev–Trinajstić information content (AvgIpc) is 2.41. The number of nitrogens with one attached hydrogen (secondary N) is 1. The Kier molecular flexibility index (Phi) is 4.18. The zero-order chi connectivity index (χ0) is 14.8. The van der Waals surface area contributed by atoms with E-state index in [1.807, 2.05) is 6.07 Å². The van der Waals surface area contributed by atoms with Crippen LogP contribution in [-0.2, 0) is 4.74 Å². The van der Waals surface area contributed by atoms with Gasteiger partial charge in [0, 0.05) is 26.3 Å². The molecular weight excluding hydrogens is 254 g/mol. The van der Waals surface area contributed by atoms with Crippen LogP contribution in [0.2, 0.25) is 0 Å². The van der Waals surface area contributed by atoms with Gasteiger partial charge in [-0.2, -0.15) is 0 Å². The molecule has 3 N–H and O–H groups in total. The number of hydrogen-bond donors (Lipinski definition) is 2. The summed E-state index contributed by atoms with van der Waals surface area (Å²) in [6, 6.07) is 5.34. The first kappa shape index (κ1) is 14.7. The highest BCUT2D eigenvalue weighted by atomic mass is 16.5. The van der Waals surface area contributed by atoms with Gasteiger partial charge in [-0.1, -0.05) is 0 Å². The summed E-state index contributed by atoms with van der Waals surface area (Å²) in [4.78, 5) is 13.6. The SMILES string of the molecule is CN(C)C(=O)c1ccc(N)c(NC2(C)CCCOC2)c1. The van der Waals surface area contributed by atoms with Gasteiger partial charge in [0.1, 0.15) is 0 Å². The van der Waals surface area contributed by atoms with Crippen molar-refractivity contribution in [3.05, 3.63) is 23.8 Å². The number of ether oxygens (including phenoxy) is 1. The summed E-state index contributed by atoms with van der Waals surface area (Å²) in [5.41, 5.74) is 7.95. The molecule has 0 aromatic heterocycles. The Morgan fingerprint density at radius 2 is 2.20 bits per heavy atom. The highest BCUT2D eigenvalue weighted by molar-refractivity contribution is 5.96. The van der Waals surface area contributed by atoms with Crippen LogP contribution in [0.3, 0.4) is 0 Å². The molecule has 20 heavy (non-hydrogen) atoms. The summed E-state index contributed by atoms with van der Waals surface area (Å²) in [6.45, 7) is 3.58. The van der Waals surface area contributed by atoms with E-state index in [-0.39, 0.29) is 11.4 Å². The highest BCUT2D eigenvalue weighted by Crippen LogP contribution is 2.28. The fourth-order valence-electron chi connectivity index (χ4n) is 2.41. The molecule has 1 unspecified atom stereocenters. The lowest BCUT2D eigenvalue weighted by Gasteiger charge is -2.35. The standard InChI is InChI=1S/C15H23N3O2/c1-15(7-4-8-20-10-15)17-13-9-11(5-6-12(13)16)14(19)18(2)3/h5-6,9,17H,4,7-8,10,16H2,1-3H3. The van der Waals surface area contributed by atoms with Crippen molar-refractivity contribution >= 4 is 17.3 Å². The third-order valence-electron chi connectivity index (χ3n) is 3.58. The van der Waals surface area contributed by atoms with Crippen LogP contribution in [0.25, 0.3) is 0 Å². The van der Waals surface area contributed by atoms with Gasteiger partial charge in [-0.05, 0) is 38.0 Å². The highest BCUT2D eigenvalue weighted by Gasteiger charge is 2.28. The summed E-state index contributed by atoms with van der Waals surface area (Å²) in [6.07, 6.45) is 2.05. The molecule has 1 fully saturated rings. The Morgan fingerprint density at radius 1 is 1.45 bits per heavy atom. The van der Waals surface area contributed by atoms with E-state index in [1.54, 1.807) is 31.1 Å². The molecule has 5 heteroatoms. The molecule has 1 aromatic carbocycles. The molecular formula is C15H23N3O2. The number of anilines is 2. The quantitative estimate of drug-likeness (QED) is 0.829. The van der Waals surface area contributed by atoms with E-state index in [9.17, 15) is 4.79 Å². The van der Waals surface area contributed by atoms with Gasteiger partial charge in [0.15, 0.2) is 0 Å². The summed E-state index contributed by atoms with van der Waals surface area (Å²) in [5, 5.41) is 3.44. The van der Waals surface area contributed by atoms with Gasteiger partial charge < -0.3 is 20.7 Å². The third kappa shape index (κ3) is 3.22. The normalized spacial score (nSPS) is 22.4. The molecule has 1 aliphatic rings. The molecule has 0 bridgehead atoms. The van der Waals surface area contributed by atoms with Crippen molar-refractivity contribution in [1.82, 2.24) is 4.90 Å². The predicted molar refractivity (Wildman–Crippen MR) is 81.0 cm³/mol. The molecule has 1 atom stereocenters. The van der Waals surface area contributed by atoms with Gasteiger partial charge in [-0.25, -0.2) is 0 Å². The number of benzene rings is 1. The number of carbonyl (C=O) groups excluding carboxylic acids is 1. The second kappa shape index (κ2) is 5.71. The zero-order valence-electron chi connectivity index (χ0n) is 12.4. The van der Waals surface area contributed by atoms with Crippen molar-refractivity contribution in [3.8, 4) is 0 Å². The number of nitrogens with two attached hydrogens (primary N) is 1. The Morgan fingerprint density at radius 3 is 2.80 bits per heavy atom. The van der Waals surface area contributed by atoms with Gasteiger partial charge in [-0.15, -0.1) is 0 Å². The minimum absolute atomic E-state index is 0.0295. The van der Waals surface area contributed by atoms with E-state index in [1.165, 1.54) is 0 Å². The molecule has 0 spiro atoms. The van der Waals surface area contributed by atoms with Crippen LogP contribution < -0.4 is 11.1 Å². The first-order chi connectivity index (χ1) is 9.41. The maximum Gasteiger partial charge on any atom is 0.253 e. The maximum atomic E-state index is 12.0. The molecule has 1 heterocycles. The first-order valence-corrected chi connectivity index (χ1v) is 6.88. The van der Waals surface area contributed by atoms with E-state index in [2.05, 4.69) is 12.2 Å². The summed E-state index contributed by atoms with van der Waals surface area (Å²) in [5.74, 6) is -0.0295. The number of hydrogen-bond acceptors (Lipinski definition) is 4. The fourth-order valence-corrected chi connectivity index (χ4v) is 2.41. The van der Waals surface area contributed by atoms with E-state index < -0.39 is 0 Å². The van der Waals surface area contributed by atoms with Crippen molar-refractivity contribution in [2.24, 2.45) is 0 Å². The number of nitrogen functional groups attached to an aromatic ring is 1. The van der Waals surface area contributed by atoms with Crippen LogP contribution in [0.4, 0.5) is 11.4 Å². The fraction of sp³-hybridized carbons (Fsp3) is 0.533. The summed E-state index contributed by atoms with van der Waals surface area (Å²) in [7, 11) is 3.48. The first-order valence-electron chi connectivity index (χ1n) is 6.88. The van der Waals surface area contributed by atoms with Crippen LogP contribution in [0, 0.1) is 0 Å². The van der Waals surface area contributed by atoms with Crippen LogP contribution in [0.1, 0.15) is 30.1 Å². The van der Waals surface area contributed by atoms with E-state index in [4.69, 9.17) is 10.5 Å². The topological polar surface area (TPSA) is 67.6 Å². The molecule has 0 aliphatic carbocycles. The van der Waals surface area contributed by atoms with Crippen LogP contribution >= 0.6 is 0 Å². The Labute approximate surface area is 120 Å². The smallest absolute Gasteiger partial charge is 0.253 e. The Balaban J connectivity index is 2.22. The van der Waals surface area contributed by atoms with Gasteiger partial charge in [0.05, 0.1) is 23.5 Å². The predicted octanol–water partition coefficient (Wildman–Crippen LogP) is 1.95. The number of nitrogens with zero attached hydrogens (tertiary/aromatic N) is 1. The largest absolute Gasteiger partial charge is 0.397 e. The molecule has 110 valence electrons. The Bertz CT molecular complexity index is 494. The minimum Gasteiger partial charge on any atom is -0.397 e. The van der Waals surface area contributed by atoms with Gasteiger partial charge in [0.2, 0.25) is 0 Å². The molecule has 0 radical (unpaired) electrons. The van der Waals surface area contributed by atoms with Crippen molar-refractivity contribution < 1.29 is 9.53 Å². The lowest BCUT2D eigenvalue weighted by atomic mass is 9.94. The maximum absolute atomic E-state index is 12.0. The van der Waals surface area contributed by atoms with Crippen molar-refractivity contribution in [3.63, 3.8) is 0 Å². The molecule has 5 nitrogen and oxygen atoms in total. The number of amides is 1. The Hall–Kier alpha value is -1.75. The molecule has 1 aromatic rings. The second-order valence-corrected chi connectivity index (χ2v) is 5.84. The van der Waals surface area contributed by atoms with Crippen LogP contribution in [0.5, 0.6) is 0 Å². The number of rotatable bonds is 3. The van der Waals surface area contributed by atoms with Crippen molar-refractivity contribution in [2.75, 3.05) is 38.4 Å². The van der Waals surface area contributed by atoms with Gasteiger partial charge in [-0.3, -0.25) is 4.79 Å². The molecule has 1 aliphatic heterocycles. The molecule has 0 saturated carbocycles. The monoisotopic (exact) mass is 277 g/mol. The van der Waals surface area contributed by atoms with E-state index >= 15 is 0 Å². The minimum atomic E-state index is -0.133. The molecule has 1 saturated heterocycles. The van der Waals surface area contributed by atoms with Crippen molar-refractivity contribution in [2.45, 2.75) is 25.3 Å². The third-order valence-corrected chi connectivity index (χ3v) is 3.58. The van der Waals surface area contributed by atoms with Gasteiger partial charge >= 0.3 is 0 Å². The summed E-state index contributed by atoms with van der Waals surface area (Å²) < 4.78 is 5.53. The lowest BCUT2D eigenvalue weighted by molar-refractivity contribution is 0.0540. The molecule has 1 amide bonds. The van der Waals surface area contributed by atoms with Gasteiger partial charge in [0.25, 0.3) is 5.91 Å². The average molecular weight is 277 g/mol.